The lowest BCUT2D eigenvalue weighted by Gasteiger charge is -2.03. The Bertz CT molecular complexity index is 280. The molecule has 4 nitrogen and oxygen atoms in total. The molecule has 0 saturated carbocycles. The Morgan fingerprint density at radius 1 is 1.53 bits per heavy atom. The second-order valence-corrected chi connectivity index (χ2v) is 5.72. The molecule has 0 radical (unpaired) electrons. The fourth-order valence-electron chi connectivity index (χ4n) is 0.882. The predicted molar refractivity (Wildman–Crippen MR) is 66.5 cm³/mol. The summed E-state index contributed by atoms with van der Waals surface area (Å²) in [5, 5.41) is 22.4. The molecule has 0 amide bonds. The Kier molecular flexibility index (Phi) is 5.97. The van der Waals surface area contributed by atoms with E-state index in [2.05, 4.69) is 22.4 Å². The standard InChI is InChI=1S/C9H17N3OS2/c1-3-4-10-9-12-11-8(15-9)6-14-7(2)5-13/h7,13H,3-6H2,1-2H3,(H,10,12). The van der Waals surface area contributed by atoms with Gasteiger partial charge in [-0.2, -0.15) is 0 Å². The van der Waals surface area contributed by atoms with Crippen LogP contribution in [0.25, 0.3) is 0 Å². The predicted octanol–water partition coefficient (Wildman–Crippen LogP) is 1.97. The number of anilines is 1. The van der Waals surface area contributed by atoms with E-state index in [0.717, 1.165) is 28.9 Å². The molecule has 15 heavy (non-hydrogen) atoms. The minimum Gasteiger partial charge on any atom is -0.395 e. The lowest BCUT2D eigenvalue weighted by Crippen LogP contribution is -2.02. The van der Waals surface area contributed by atoms with Crippen molar-refractivity contribution in [3.05, 3.63) is 5.01 Å². The molecule has 0 aliphatic heterocycles. The molecular formula is C9H17N3OS2. The summed E-state index contributed by atoms with van der Waals surface area (Å²) in [6.45, 7) is 5.27. The molecule has 1 aromatic heterocycles. The van der Waals surface area contributed by atoms with Crippen molar-refractivity contribution in [2.24, 2.45) is 0 Å². The maximum absolute atomic E-state index is 8.87. The number of aromatic nitrogens is 2. The Balaban J connectivity index is 2.32. The Hall–Kier alpha value is -0.330. The van der Waals surface area contributed by atoms with Gasteiger partial charge < -0.3 is 10.4 Å². The molecule has 1 unspecified atom stereocenters. The first kappa shape index (κ1) is 12.7. The van der Waals surface area contributed by atoms with Gasteiger partial charge in [0.05, 0.1) is 6.61 Å². The van der Waals surface area contributed by atoms with E-state index in [1.54, 1.807) is 23.1 Å². The van der Waals surface area contributed by atoms with E-state index in [1.807, 2.05) is 6.92 Å². The highest BCUT2D eigenvalue weighted by Crippen LogP contribution is 2.22. The summed E-state index contributed by atoms with van der Waals surface area (Å²) >= 11 is 3.29. The van der Waals surface area contributed by atoms with Crippen LogP contribution in [-0.2, 0) is 5.75 Å². The fraction of sp³-hybridized carbons (Fsp3) is 0.778. The normalized spacial score (nSPS) is 12.7. The van der Waals surface area contributed by atoms with Crippen LogP contribution in [0.5, 0.6) is 0 Å². The van der Waals surface area contributed by atoms with Crippen LogP contribution in [0.2, 0.25) is 0 Å². The van der Waals surface area contributed by atoms with Crippen molar-refractivity contribution in [1.82, 2.24) is 10.2 Å². The van der Waals surface area contributed by atoms with E-state index in [-0.39, 0.29) is 11.9 Å². The van der Waals surface area contributed by atoms with E-state index in [4.69, 9.17) is 5.11 Å². The average molecular weight is 247 g/mol. The number of thioether (sulfide) groups is 1. The zero-order valence-electron chi connectivity index (χ0n) is 9.06. The summed E-state index contributed by atoms with van der Waals surface area (Å²) in [6.07, 6.45) is 1.09. The molecule has 0 aliphatic rings. The van der Waals surface area contributed by atoms with E-state index in [0.29, 0.717) is 0 Å². The van der Waals surface area contributed by atoms with Gasteiger partial charge in [-0.1, -0.05) is 25.2 Å². The van der Waals surface area contributed by atoms with Crippen molar-refractivity contribution in [1.29, 1.82) is 0 Å². The zero-order valence-corrected chi connectivity index (χ0v) is 10.7. The Morgan fingerprint density at radius 3 is 3.00 bits per heavy atom. The van der Waals surface area contributed by atoms with Crippen molar-refractivity contribution >= 4 is 28.2 Å². The Morgan fingerprint density at radius 2 is 2.33 bits per heavy atom. The van der Waals surface area contributed by atoms with Crippen LogP contribution in [0.4, 0.5) is 5.13 Å². The first-order chi connectivity index (χ1) is 7.26. The minimum absolute atomic E-state index is 0.213. The SMILES string of the molecule is CCCNc1nnc(CSC(C)CO)s1. The second-order valence-electron chi connectivity index (χ2n) is 3.23. The molecule has 0 bridgehead atoms. The molecule has 1 rings (SSSR count). The topological polar surface area (TPSA) is 58.0 Å². The Labute approximate surface area is 98.5 Å². The van der Waals surface area contributed by atoms with E-state index in [9.17, 15) is 0 Å². The third kappa shape index (κ3) is 4.81. The monoisotopic (exact) mass is 247 g/mol. The number of rotatable bonds is 7. The minimum atomic E-state index is 0.213. The van der Waals surface area contributed by atoms with E-state index >= 15 is 0 Å². The molecule has 1 heterocycles. The lowest BCUT2D eigenvalue weighted by atomic mass is 10.5. The fourth-order valence-corrected chi connectivity index (χ4v) is 2.47. The van der Waals surface area contributed by atoms with Crippen molar-refractivity contribution in [2.45, 2.75) is 31.3 Å². The van der Waals surface area contributed by atoms with E-state index in [1.165, 1.54) is 0 Å². The van der Waals surface area contributed by atoms with Crippen LogP contribution in [0.3, 0.4) is 0 Å². The molecule has 86 valence electrons. The summed E-state index contributed by atoms with van der Waals surface area (Å²) in [7, 11) is 0. The summed E-state index contributed by atoms with van der Waals surface area (Å²) in [5.41, 5.74) is 0. The molecule has 2 N–H and O–H groups in total. The van der Waals surface area contributed by atoms with Gasteiger partial charge in [-0.25, -0.2) is 0 Å². The first-order valence-electron chi connectivity index (χ1n) is 5.05. The zero-order chi connectivity index (χ0) is 11.1. The van der Waals surface area contributed by atoms with E-state index < -0.39 is 0 Å². The molecule has 6 heteroatoms. The number of nitrogens with one attached hydrogen (secondary N) is 1. The smallest absolute Gasteiger partial charge is 0.205 e. The van der Waals surface area contributed by atoms with Gasteiger partial charge in [0.1, 0.15) is 5.01 Å². The third-order valence-corrected chi connectivity index (χ3v) is 3.96. The number of aliphatic hydroxyl groups is 1. The van der Waals surface area contributed by atoms with Gasteiger partial charge in [-0.05, 0) is 6.42 Å². The number of hydrogen-bond acceptors (Lipinski definition) is 6. The van der Waals surface area contributed by atoms with Gasteiger partial charge in [-0.3, -0.25) is 0 Å². The molecule has 0 aliphatic carbocycles. The van der Waals surface area contributed by atoms with Crippen LogP contribution in [0, 0.1) is 0 Å². The largest absolute Gasteiger partial charge is 0.395 e. The number of aliphatic hydroxyl groups excluding tert-OH is 1. The van der Waals surface area contributed by atoms with Crippen LogP contribution in [-0.4, -0.2) is 33.7 Å². The van der Waals surface area contributed by atoms with Crippen molar-refractivity contribution < 1.29 is 5.11 Å². The molecular weight excluding hydrogens is 230 g/mol. The van der Waals surface area contributed by atoms with Gasteiger partial charge in [0.2, 0.25) is 5.13 Å². The van der Waals surface area contributed by atoms with Crippen LogP contribution in [0.15, 0.2) is 0 Å². The summed E-state index contributed by atoms with van der Waals surface area (Å²) in [5.74, 6) is 0.827. The van der Waals surface area contributed by atoms with Gasteiger partial charge in [0.25, 0.3) is 0 Å². The quantitative estimate of drug-likeness (QED) is 0.771. The molecule has 0 aromatic carbocycles. The highest BCUT2D eigenvalue weighted by atomic mass is 32.2. The van der Waals surface area contributed by atoms with Crippen LogP contribution < -0.4 is 5.32 Å². The van der Waals surface area contributed by atoms with Crippen molar-refractivity contribution in [3.63, 3.8) is 0 Å². The lowest BCUT2D eigenvalue weighted by molar-refractivity contribution is 0.300. The number of hydrogen-bond donors (Lipinski definition) is 2. The van der Waals surface area contributed by atoms with Gasteiger partial charge in [0, 0.05) is 17.5 Å². The van der Waals surface area contributed by atoms with Crippen LogP contribution in [0.1, 0.15) is 25.3 Å². The molecule has 0 fully saturated rings. The highest BCUT2D eigenvalue weighted by molar-refractivity contribution is 7.99. The summed E-state index contributed by atoms with van der Waals surface area (Å²) in [6, 6.07) is 0. The van der Waals surface area contributed by atoms with Gasteiger partial charge in [0.15, 0.2) is 0 Å². The maximum atomic E-state index is 8.87. The molecule has 1 atom stereocenters. The second kappa shape index (κ2) is 7.03. The molecule has 0 spiro atoms. The average Bonchev–Trinajstić information content (AvgIpc) is 2.71. The first-order valence-corrected chi connectivity index (χ1v) is 6.91. The van der Waals surface area contributed by atoms with Crippen LogP contribution >= 0.6 is 23.1 Å². The summed E-state index contributed by atoms with van der Waals surface area (Å²) < 4.78 is 0. The highest BCUT2D eigenvalue weighted by Gasteiger charge is 2.06. The van der Waals surface area contributed by atoms with Crippen molar-refractivity contribution in [3.8, 4) is 0 Å². The number of nitrogens with zero attached hydrogens (tertiary/aromatic N) is 2. The molecule has 1 aromatic rings. The van der Waals surface area contributed by atoms with Crippen molar-refractivity contribution in [2.75, 3.05) is 18.5 Å². The molecule has 0 saturated heterocycles. The third-order valence-electron chi connectivity index (χ3n) is 1.74. The summed E-state index contributed by atoms with van der Waals surface area (Å²) in [4.78, 5) is 0. The van der Waals surface area contributed by atoms with Gasteiger partial charge in [-0.15, -0.1) is 22.0 Å². The van der Waals surface area contributed by atoms with Gasteiger partial charge >= 0.3 is 0 Å². The maximum Gasteiger partial charge on any atom is 0.205 e.